The number of benzene rings is 2. The van der Waals surface area contributed by atoms with Crippen LogP contribution in [0, 0.1) is 0 Å². The van der Waals surface area contributed by atoms with Crippen molar-refractivity contribution in [1.29, 1.82) is 0 Å². The van der Waals surface area contributed by atoms with Crippen LogP contribution in [0.5, 0.6) is 5.75 Å². The van der Waals surface area contributed by atoms with E-state index in [1.165, 1.54) is 12.1 Å². The number of rotatable bonds is 5. The first-order valence-corrected chi connectivity index (χ1v) is 8.55. The van der Waals surface area contributed by atoms with Gasteiger partial charge in [0.05, 0.1) is 30.5 Å². The Hall–Kier alpha value is -3.22. The Labute approximate surface area is 159 Å². The Balaban J connectivity index is 2.04. The van der Waals surface area contributed by atoms with Crippen LogP contribution in [-0.4, -0.2) is 24.7 Å². The summed E-state index contributed by atoms with van der Waals surface area (Å²) in [6.07, 6.45) is -4.40. The zero-order chi connectivity index (χ0) is 20.3. The molecule has 1 aromatic heterocycles. The van der Waals surface area contributed by atoms with Crippen LogP contribution in [0.1, 0.15) is 22.8 Å². The standard InChI is InChI=1S/C21H18F3NO3/c1-3-28-20(26)17-12-18(13-4-8-15(9-5-13)21(22,23)24)25-19(17)14-6-10-16(27-2)11-7-14/h4-12,25H,3H2,1-2H3. The highest BCUT2D eigenvalue weighted by molar-refractivity contribution is 5.98. The first-order valence-electron chi connectivity index (χ1n) is 8.55. The Morgan fingerprint density at radius 1 is 1.00 bits per heavy atom. The fourth-order valence-electron chi connectivity index (χ4n) is 2.80. The van der Waals surface area contributed by atoms with Crippen molar-refractivity contribution in [3.8, 4) is 28.3 Å². The number of nitrogens with one attached hydrogen (secondary N) is 1. The van der Waals surface area contributed by atoms with Gasteiger partial charge < -0.3 is 14.5 Å². The molecule has 0 spiro atoms. The molecule has 146 valence electrons. The van der Waals surface area contributed by atoms with Crippen molar-refractivity contribution in [3.05, 3.63) is 65.7 Å². The summed E-state index contributed by atoms with van der Waals surface area (Å²) in [5, 5.41) is 0. The maximum Gasteiger partial charge on any atom is 0.416 e. The summed E-state index contributed by atoms with van der Waals surface area (Å²) in [6, 6.07) is 13.4. The number of aromatic nitrogens is 1. The molecule has 1 heterocycles. The van der Waals surface area contributed by atoms with Gasteiger partial charge in [-0.2, -0.15) is 13.2 Å². The minimum absolute atomic E-state index is 0.210. The summed E-state index contributed by atoms with van der Waals surface area (Å²) in [5.41, 5.74) is 1.87. The third kappa shape index (κ3) is 4.03. The van der Waals surface area contributed by atoms with E-state index < -0.39 is 17.7 Å². The van der Waals surface area contributed by atoms with Gasteiger partial charge in [-0.15, -0.1) is 0 Å². The molecule has 1 N–H and O–H groups in total. The minimum Gasteiger partial charge on any atom is -0.497 e. The zero-order valence-corrected chi connectivity index (χ0v) is 15.3. The van der Waals surface area contributed by atoms with Gasteiger partial charge >= 0.3 is 12.1 Å². The molecular formula is C21H18F3NO3. The second-order valence-electron chi connectivity index (χ2n) is 6.00. The van der Waals surface area contributed by atoms with Crippen LogP contribution < -0.4 is 4.74 Å². The maximum atomic E-state index is 12.8. The molecule has 7 heteroatoms. The number of hydrogen-bond acceptors (Lipinski definition) is 3. The lowest BCUT2D eigenvalue weighted by molar-refractivity contribution is -0.137. The summed E-state index contributed by atoms with van der Waals surface area (Å²) < 4.78 is 48.6. The van der Waals surface area contributed by atoms with E-state index in [0.29, 0.717) is 28.3 Å². The third-order valence-electron chi connectivity index (χ3n) is 4.21. The van der Waals surface area contributed by atoms with Crippen LogP contribution in [-0.2, 0) is 10.9 Å². The van der Waals surface area contributed by atoms with E-state index in [9.17, 15) is 18.0 Å². The number of methoxy groups -OCH3 is 1. The molecule has 28 heavy (non-hydrogen) atoms. The molecule has 0 aliphatic rings. The van der Waals surface area contributed by atoms with E-state index in [4.69, 9.17) is 9.47 Å². The van der Waals surface area contributed by atoms with Gasteiger partial charge in [-0.3, -0.25) is 0 Å². The van der Waals surface area contributed by atoms with Crippen molar-refractivity contribution in [2.45, 2.75) is 13.1 Å². The van der Waals surface area contributed by atoms with Gasteiger partial charge in [-0.25, -0.2) is 4.79 Å². The minimum atomic E-state index is -4.40. The lowest BCUT2D eigenvalue weighted by atomic mass is 10.1. The number of halogens is 3. The second kappa shape index (κ2) is 7.80. The molecular weight excluding hydrogens is 371 g/mol. The van der Waals surface area contributed by atoms with Crippen LogP contribution in [0.2, 0.25) is 0 Å². The molecule has 2 aromatic carbocycles. The molecule has 0 bridgehead atoms. The van der Waals surface area contributed by atoms with Crippen molar-refractivity contribution in [2.24, 2.45) is 0 Å². The average Bonchev–Trinajstić information content (AvgIpc) is 3.13. The zero-order valence-electron chi connectivity index (χ0n) is 15.3. The molecule has 0 saturated heterocycles. The maximum absolute atomic E-state index is 12.8. The Morgan fingerprint density at radius 2 is 1.61 bits per heavy atom. The molecule has 0 amide bonds. The van der Waals surface area contributed by atoms with Crippen LogP contribution in [0.15, 0.2) is 54.6 Å². The lowest BCUT2D eigenvalue weighted by Gasteiger charge is -2.07. The van der Waals surface area contributed by atoms with E-state index in [1.807, 2.05) is 0 Å². The van der Waals surface area contributed by atoms with E-state index in [-0.39, 0.29) is 6.61 Å². The summed E-state index contributed by atoms with van der Waals surface area (Å²) in [6.45, 7) is 1.91. The van der Waals surface area contributed by atoms with Crippen LogP contribution in [0.3, 0.4) is 0 Å². The monoisotopic (exact) mass is 389 g/mol. The van der Waals surface area contributed by atoms with Gasteiger partial charge in [-0.1, -0.05) is 12.1 Å². The first kappa shape index (κ1) is 19.5. The topological polar surface area (TPSA) is 51.3 Å². The van der Waals surface area contributed by atoms with Crippen LogP contribution in [0.25, 0.3) is 22.5 Å². The molecule has 0 aliphatic heterocycles. The third-order valence-corrected chi connectivity index (χ3v) is 4.21. The molecule has 0 unspecified atom stereocenters. The van der Waals surface area contributed by atoms with Crippen LogP contribution >= 0.6 is 0 Å². The van der Waals surface area contributed by atoms with Gasteiger partial charge in [0.1, 0.15) is 5.75 Å². The number of esters is 1. The second-order valence-corrected chi connectivity index (χ2v) is 6.00. The fourth-order valence-corrected chi connectivity index (χ4v) is 2.80. The first-order chi connectivity index (χ1) is 13.3. The number of hydrogen-bond donors (Lipinski definition) is 1. The van der Waals surface area contributed by atoms with E-state index in [2.05, 4.69) is 4.98 Å². The SMILES string of the molecule is CCOC(=O)c1cc(-c2ccc(C(F)(F)F)cc2)[nH]c1-c1ccc(OC)cc1. The molecule has 0 fully saturated rings. The molecule has 0 aliphatic carbocycles. The quantitative estimate of drug-likeness (QED) is 0.582. The molecule has 4 nitrogen and oxygen atoms in total. The van der Waals surface area contributed by atoms with Gasteiger partial charge in [0.25, 0.3) is 0 Å². The predicted octanol–water partition coefficient (Wildman–Crippen LogP) is 5.55. The largest absolute Gasteiger partial charge is 0.497 e. The Kier molecular flexibility index (Phi) is 5.44. The van der Waals surface area contributed by atoms with E-state index in [0.717, 1.165) is 17.7 Å². The number of aromatic amines is 1. The predicted molar refractivity (Wildman–Crippen MR) is 99.2 cm³/mol. The smallest absolute Gasteiger partial charge is 0.416 e. The van der Waals surface area contributed by atoms with Gasteiger partial charge in [0, 0.05) is 5.69 Å². The van der Waals surface area contributed by atoms with Crippen molar-refractivity contribution in [1.82, 2.24) is 4.98 Å². The van der Waals surface area contributed by atoms with Gasteiger partial charge in [0.2, 0.25) is 0 Å². The highest BCUT2D eigenvalue weighted by atomic mass is 19.4. The fraction of sp³-hybridized carbons (Fsp3) is 0.190. The Morgan fingerprint density at radius 3 is 2.14 bits per heavy atom. The number of carbonyl (C=O) groups excluding carboxylic acids is 1. The highest BCUT2D eigenvalue weighted by Crippen LogP contribution is 2.33. The van der Waals surface area contributed by atoms with Gasteiger partial charge in [-0.05, 0) is 60.5 Å². The van der Waals surface area contributed by atoms with E-state index >= 15 is 0 Å². The lowest BCUT2D eigenvalue weighted by Crippen LogP contribution is -2.04. The van der Waals surface area contributed by atoms with Crippen molar-refractivity contribution < 1.29 is 27.4 Å². The van der Waals surface area contributed by atoms with Crippen molar-refractivity contribution in [2.75, 3.05) is 13.7 Å². The highest BCUT2D eigenvalue weighted by Gasteiger charge is 2.30. The molecule has 3 rings (SSSR count). The number of carbonyl (C=O) groups is 1. The van der Waals surface area contributed by atoms with Crippen molar-refractivity contribution in [3.63, 3.8) is 0 Å². The average molecular weight is 389 g/mol. The van der Waals surface area contributed by atoms with Crippen LogP contribution in [0.4, 0.5) is 13.2 Å². The summed E-state index contributed by atoms with van der Waals surface area (Å²) in [7, 11) is 1.55. The number of alkyl halides is 3. The molecule has 0 radical (unpaired) electrons. The summed E-state index contributed by atoms with van der Waals surface area (Å²) in [4.78, 5) is 15.5. The number of ether oxygens (including phenoxy) is 2. The summed E-state index contributed by atoms with van der Waals surface area (Å²) >= 11 is 0. The molecule has 3 aromatic rings. The van der Waals surface area contributed by atoms with Gasteiger partial charge in [0.15, 0.2) is 0 Å². The van der Waals surface area contributed by atoms with E-state index in [1.54, 1.807) is 44.4 Å². The molecule has 0 atom stereocenters. The summed E-state index contributed by atoms with van der Waals surface area (Å²) in [5.74, 6) is 0.152. The Bertz CT molecular complexity index is 958. The normalized spacial score (nSPS) is 11.3. The molecule has 0 saturated carbocycles. The van der Waals surface area contributed by atoms with Crippen molar-refractivity contribution >= 4 is 5.97 Å². The number of H-pyrrole nitrogens is 1.